The summed E-state index contributed by atoms with van der Waals surface area (Å²) < 4.78 is 1.68. The van der Waals surface area contributed by atoms with Gasteiger partial charge in [0.2, 0.25) is 0 Å². The van der Waals surface area contributed by atoms with E-state index in [1.165, 1.54) is 25.7 Å². The lowest BCUT2D eigenvalue weighted by Gasteiger charge is -2.26. The van der Waals surface area contributed by atoms with E-state index in [9.17, 15) is 9.90 Å². The molecule has 1 aromatic heterocycles. The van der Waals surface area contributed by atoms with Crippen LogP contribution in [0.25, 0.3) is 0 Å². The van der Waals surface area contributed by atoms with Gasteiger partial charge in [0, 0.05) is 6.42 Å². The van der Waals surface area contributed by atoms with E-state index in [-0.39, 0.29) is 0 Å². The molecule has 0 unspecified atom stereocenters. The van der Waals surface area contributed by atoms with Gasteiger partial charge in [-0.1, -0.05) is 46.5 Å². The summed E-state index contributed by atoms with van der Waals surface area (Å²) in [6.45, 7) is 6.37. The normalized spacial score (nSPS) is 11.8. The fourth-order valence-electron chi connectivity index (χ4n) is 2.54. The topological polar surface area (TPSA) is 80.9 Å². The second-order valence-electron chi connectivity index (χ2n) is 5.71. The van der Waals surface area contributed by atoms with Gasteiger partial charge < -0.3 is 5.11 Å². The maximum Gasteiger partial charge on any atom is 0.311 e. The summed E-state index contributed by atoms with van der Waals surface area (Å²) in [5.41, 5.74) is -0.771. The van der Waals surface area contributed by atoms with Crippen LogP contribution in [0.2, 0.25) is 0 Å². The molecule has 0 aliphatic carbocycles. The number of aromatic nitrogens is 4. The second kappa shape index (κ2) is 8.74. The highest BCUT2D eigenvalue weighted by Gasteiger charge is 2.36. The smallest absolute Gasteiger partial charge is 0.311 e. The Labute approximate surface area is 126 Å². The Morgan fingerprint density at radius 2 is 1.81 bits per heavy atom. The van der Waals surface area contributed by atoms with Crippen molar-refractivity contribution in [2.24, 2.45) is 5.41 Å². The van der Waals surface area contributed by atoms with Crippen molar-refractivity contribution in [1.29, 1.82) is 0 Å². The standard InChI is InChI=1S/C15H28N4O2/c1-4-7-8-9-10-11-13-16-17-18-19(13)12-15(5-2,6-3)14(20)21/h4-12H2,1-3H3,(H,20,21). The molecule has 0 aliphatic rings. The maximum atomic E-state index is 11.6. The molecular weight excluding hydrogens is 268 g/mol. The molecule has 0 amide bonds. The lowest BCUT2D eigenvalue weighted by atomic mass is 9.82. The molecule has 0 spiro atoms. The van der Waals surface area contributed by atoms with Gasteiger partial charge in [-0.25, -0.2) is 4.68 Å². The first-order valence-corrected chi connectivity index (χ1v) is 8.08. The second-order valence-corrected chi connectivity index (χ2v) is 5.71. The minimum absolute atomic E-state index is 0.354. The van der Waals surface area contributed by atoms with Gasteiger partial charge in [-0.15, -0.1) is 5.10 Å². The summed E-state index contributed by atoms with van der Waals surface area (Å²) in [7, 11) is 0. The molecule has 0 saturated heterocycles. The first-order chi connectivity index (χ1) is 10.1. The Hall–Kier alpha value is -1.46. The van der Waals surface area contributed by atoms with Gasteiger partial charge in [-0.2, -0.15) is 0 Å². The number of carboxylic acids is 1. The Morgan fingerprint density at radius 3 is 2.38 bits per heavy atom. The average molecular weight is 296 g/mol. The van der Waals surface area contributed by atoms with Crippen LogP contribution in [0.4, 0.5) is 0 Å². The SMILES string of the molecule is CCCCCCCc1nnnn1CC(CC)(CC)C(=O)O. The number of rotatable bonds is 11. The molecule has 6 heteroatoms. The number of aryl methyl sites for hydroxylation is 1. The molecule has 21 heavy (non-hydrogen) atoms. The van der Waals surface area contributed by atoms with Gasteiger partial charge in [0.05, 0.1) is 12.0 Å². The molecule has 0 atom stereocenters. The van der Waals surface area contributed by atoms with Crippen LogP contribution >= 0.6 is 0 Å². The van der Waals surface area contributed by atoms with Crippen molar-refractivity contribution in [1.82, 2.24) is 20.2 Å². The minimum Gasteiger partial charge on any atom is -0.481 e. The van der Waals surface area contributed by atoms with Crippen LogP contribution in [0.5, 0.6) is 0 Å². The van der Waals surface area contributed by atoms with Gasteiger partial charge in [0.1, 0.15) is 0 Å². The van der Waals surface area contributed by atoms with Gasteiger partial charge in [-0.05, 0) is 29.7 Å². The molecule has 0 fully saturated rings. The Morgan fingerprint density at radius 1 is 1.14 bits per heavy atom. The van der Waals surface area contributed by atoms with Crippen molar-refractivity contribution in [3.05, 3.63) is 5.82 Å². The Kier molecular flexibility index (Phi) is 7.32. The van der Waals surface area contributed by atoms with Crippen molar-refractivity contribution >= 4 is 5.97 Å². The van der Waals surface area contributed by atoms with Crippen LogP contribution in [-0.2, 0) is 17.8 Å². The first-order valence-electron chi connectivity index (χ1n) is 8.08. The number of carbonyl (C=O) groups is 1. The van der Waals surface area contributed by atoms with E-state index in [2.05, 4.69) is 22.4 Å². The lowest BCUT2D eigenvalue weighted by Crippen LogP contribution is -2.35. The molecule has 0 aromatic carbocycles. The summed E-state index contributed by atoms with van der Waals surface area (Å²) in [4.78, 5) is 11.6. The molecular formula is C15H28N4O2. The average Bonchev–Trinajstić information content (AvgIpc) is 2.91. The lowest BCUT2D eigenvalue weighted by molar-refractivity contribution is -0.150. The van der Waals surface area contributed by atoms with Crippen LogP contribution in [0.1, 0.15) is 71.5 Å². The van der Waals surface area contributed by atoms with Crippen molar-refractivity contribution in [2.45, 2.75) is 78.7 Å². The van der Waals surface area contributed by atoms with Crippen molar-refractivity contribution in [3.8, 4) is 0 Å². The molecule has 0 radical (unpaired) electrons. The number of hydrogen-bond acceptors (Lipinski definition) is 4. The summed E-state index contributed by atoms with van der Waals surface area (Å²) >= 11 is 0. The van der Waals surface area contributed by atoms with E-state index in [0.29, 0.717) is 19.4 Å². The number of unbranched alkanes of at least 4 members (excludes halogenated alkanes) is 4. The number of tetrazole rings is 1. The molecule has 0 bridgehead atoms. The molecule has 6 nitrogen and oxygen atoms in total. The fourth-order valence-corrected chi connectivity index (χ4v) is 2.54. The highest BCUT2D eigenvalue weighted by Crippen LogP contribution is 2.29. The molecule has 1 rings (SSSR count). The van der Waals surface area contributed by atoms with E-state index < -0.39 is 11.4 Å². The van der Waals surface area contributed by atoms with Gasteiger partial charge in [-0.3, -0.25) is 4.79 Å². The van der Waals surface area contributed by atoms with Crippen LogP contribution in [0.3, 0.4) is 0 Å². The molecule has 120 valence electrons. The summed E-state index contributed by atoms with van der Waals surface area (Å²) in [6, 6.07) is 0. The number of aliphatic carboxylic acids is 1. The predicted molar refractivity (Wildman–Crippen MR) is 80.9 cm³/mol. The minimum atomic E-state index is -0.771. The molecule has 1 aromatic rings. The third kappa shape index (κ3) is 4.79. The van der Waals surface area contributed by atoms with Crippen LogP contribution in [0, 0.1) is 5.41 Å². The zero-order chi connectivity index (χ0) is 15.7. The van der Waals surface area contributed by atoms with E-state index in [1.54, 1.807) is 4.68 Å². The molecule has 0 saturated carbocycles. The van der Waals surface area contributed by atoms with Gasteiger partial charge >= 0.3 is 5.97 Å². The maximum absolute atomic E-state index is 11.6. The summed E-state index contributed by atoms with van der Waals surface area (Å²) in [5, 5.41) is 21.3. The number of carboxylic acid groups (broad SMARTS) is 1. The quantitative estimate of drug-likeness (QED) is 0.635. The van der Waals surface area contributed by atoms with Gasteiger partial charge in [0.15, 0.2) is 5.82 Å². The highest BCUT2D eigenvalue weighted by atomic mass is 16.4. The van der Waals surface area contributed by atoms with Crippen molar-refractivity contribution in [3.63, 3.8) is 0 Å². The zero-order valence-corrected chi connectivity index (χ0v) is 13.5. The predicted octanol–water partition coefficient (Wildman–Crippen LogP) is 3.08. The number of nitrogens with zero attached hydrogens (tertiary/aromatic N) is 4. The fraction of sp³-hybridized carbons (Fsp3) is 0.867. The third-order valence-electron chi connectivity index (χ3n) is 4.37. The van der Waals surface area contributed by atoms with Crippen LogP contribution in [0.15, 0.2) is 0 Å². The highest BCUT2D eigenvalue weighted by molar-refractivity contribution is 5.74. The Bertz CT molecular complexity index is 427. The zero-order valence-electron chi connectivity index (χ0n) is 13.5. The summed E-state index contributed by atoms with van der Waals surface area (Å²) in [6.07, 6.45) is 7.93. The van der Waals surface area contributed by atoms with E-state index >= 15 is 0 Å². The van der Waals surface area contributed by atoms with E-state index in [4.69, 9.17) is 0 Å². The van der Waals surface area contributed by atoms with Crippen LogP contribution in [-0.4, -0.2) is 31.3 Å². The van der Waals surface area contributed by atoms with Crippen LogP contribution < -0.4 is 0 Å². The summed E-state index contributed by atoms with van der Waals surface area (Å²) in [5.74, 6) is 0.0379. The van der Waals surface area contributed by atoms with Gasteiger partial charge in [0.25, 0.3) is 0 Å². The van der Waals surface area contributed by atoms with E-state index in [0.717, 1.165) is 18.7 Å². The van der Waals surface area contributed by atoms with Crippen molar-refractivity contribution in [2.75, 3.05) is 0 Å². The molecule has 0 aliphatic heterocycles. The number of hydrogen-bond donors (Lipinski definition) is 1. The largest absolute Gasteiger partial charge is 0.481 e. The van der Waals surface area contributed by atoms with Crippen molar-refractivity contribution < 1.29 is 9.90 Å². The third-order valence-corrected chi connectivity index (χ3v) is 4.37. The molecule has 1 heterocycles. The molecule has 1 N–H and O–H groups in total. The Balaban J connectivity index is 2.64. The monoisotopic (exact) mass is 296 g/mol. The van der Waals surface area contributed by atoms with E-state index in [1.807, 2.05) is 13.8 Å². The first kappa shape index (κ1) is 17.6.